The van der Waals surface area contributed by atoms with Gasteiger partial charge < -0.3 is 29.8 Å². The third-order valence-corrected chi connectivity index (χ3v) is 7.32. The summed E-state index contributed by atoms with van der Waals surface area (Å²) in [6.07, 6.45) is 7.04. The minimum atomic E-state index is -0.507. The third-order valence-electron chi connectivity index (χ3n) is 7.32. The molecule has 2 fully saturated rings. The Morgan fingerprint density at radius 1 is 1.28 bits per heavy atom. The molecule has 11 nitrogen and oxygen atoms in total. The molecule has 0 spiro atoms. The summed E-state index contributed by atoms with van der Waals surface area (Å²) in [5, 5.41) is 21.3. The molecule has 5 heterocycles. The first-order valence-corrected chi connectivity index (χ1v) is 12.2. The van der Waals surface area contributed by atoms with Gasteiger partial charge in [0.15, 0.2) is 5.65 Å². The summed E-state index contributed by atoms with van der Waals surface area (Å²) in [5.41, 5.74) is 3.25. The summed E-state index contributed by atoms with van der Waals surface area (Å²) in [5.74, 6) is 0.401. The number of aromatic nitrogens is 5. The number of carbonyl (C=O) groups excluding carboxylic acids is 1. The van der Waals surface area contributed by atoms with E-state index < -0.39 is 6.10 Å². The van der Waals surface area contributed by atoms with Gasteiger partial charge in [-0.15, -0.1) is 0 Å². The number of amides is 1. The average Bonchev–Trinajstić information content (AvgIpc) is 3.52. The Morgan fingerprint density at radius 3 is 2.92 bits per heavy atom. The number of fused-ring (bicyclic) bond motifs is 2. The fourth-order valence-corrected chi connectivity index (χ4v) is 5.12. The van der Waals surface area contributed by atoms with Crippen LogP contribution in [0.25, 0.3) is 27.9 Å². The standard InChI is InChI=1S/C25H29N7O4/c1-26-22-10-18(29-24-15(11-28-32(22)24)25(34)30-17-5-6-20(17)33)16-12-31(23-14(16)4-3-8-27-23)19-7-9-36-13-21(19)35-2/h3-4,8,10-12,17,19-21,26,33H,5-7,9,13H2,1-2H3,(H,30,34)/t17-,19-,20+,21-/m0/s1. The fraction of sp³-hybridized carbons (Fsp3) is 0.440. The van der Waals surface area contributed by atoms with Gasteiger partial charge in [0.1, 0.15) is 23.1 Å². The maximum Gasteiger partial charge on any atom is 0.257 e. The van der Waals surface area contributed by atoms with E-state index in [1.807, 2.05) is 18.2 Å². The van der Waals surface area contributed by atoms with Gasteiger partial charge >= 0.3 is 0 Å². The lowest BCUT2D eigenvalue weighted by Gasteiger charge is -2.32. The SMILES string of the molecule is CNc1cc(-c2cn([C@H]3CCOC[C@@H]3OC)c3ncccc23)nc2c(C(=O)N[C@H]3CC[C@H]3O)cnn12. The number of hydrogen-bond donors (Lipinski definition) is 3. The van der Waals surface area contributed by atoms with Crippen LogP contribution in [0, 0.1) is 0 Å². The number of hydrogen-bond acceptors (Lipinski definition) is 8. The van der Waals surface area contributed by atoms with Crippen molar-refractivity contribution in [1.82, 2.24) is 29.5 Å². The Hall–Kier alpha value is -3.54. The highest BCUT2D eigenvalue weighted by atomic mass is 16.5. The van der Waals surface area contributed by atoms with Crippen molar-refractivity contribution in [2.45, 2.75) is 43.6 Å². The molecule has 2 aliphatic rings. The molecule has 188 valence electrons. The van der Waals surface area contributed by atoms with Crippen molar-refractivity contribution >= 4 is 28.4 Å². The van der Waals surface area contributed by atoms with Gasteiger partial charge in [-0.3, -0.25) is 4.79 Å². The number of aliphatic hydroxyl groups excluding tert-OH is 1. The second-order valence-electron chi connectivity index (χ2n) is 9.32. The van der Waals surface area contributed by atoms with Crippen LogP contribution in [0.1, 0.15) is 35.7 Å². The van der Waals surface area contributed by atoms with Gasteiger partial charge in [0.25, 0.3) is 5.91 Å². The molecule has 1 aliphatic heterocycles. The number of rotatable bonds is 6. The average molecular weight is 492 g/mol. The number of anilines is 1. The Bertz CT molecular complexity index is 1430. The van der Waals surface area contributed by atoms with E-state index in [-0.39, 0.29) is 24.1 Å². The molecule has 4 aromatic rings. The van der Waals surface area contributed by atoms with Gasteiger partial charge in [-0.05, 0) is 31.4 Å². The highest BCUT2D eigenvalue weighted by molar-refractivity contribution is 6.01. The molecule has 6 rings (SSSR count). The van der Waals surface area contributed by atoms with Gasteiger partial charge in [-0.25, -0.2) is 9.97 Å². The van der Waals surface area contributed by atoms with Crippen molar-refractivity contribution in [2.75, 3.05) is 32.7 Å². The van der Waals surface area contributed by atoms with Crippen LogP contribution in [0.3, 0.4) is 0 Å². The maximum absolute atomic E-state index is 13.0. The van der Waals surface area contributed by atoms with Crippen LogP contribution in [0.4, 0.5) is 5.82 Å². The zero-order valence-electron chi connectivity index (χ0n) is 20.2. The molecule has 4 atom stereocenters. The quantitative estimate of drug-likeness (QED) is 0.374. The Kier molecular flexibility index (Phi) is 5.82. The molecule has 3 N–H and O–H groups in total. The van der Waals surface area contributed by atoms with E-state index in [2.05, 4.69) is 31.5 Å². The summed E-state index contributed by atoms with van der Waals surface area (Å²) in [7, 11) is 3.51. The molecular formula is C25H29N7O4. The molecule has 36 heavy (non-hydrogen) atoms. The Morgan fingerprint density at radius 2 is 2.17 bits per heavy atom. The van der Waals surface area contributed by atoms with Crippen molar-refractivity contribution in [1.29, 1.82) is 0 Å². The second kappa shape index (κ2) is 9.16. The van der Waals surface area contributed by atoms with E-state index in [1.54, 1.807) is 24.9 Å². The Balaban J connectivity index is 1.47. The van der Waals surface area contributed by atoms with Crippen molar-refractivity contribution < 1.29 is 19.4 Å². The van der Waals surface area contributed by atoms with Gasteiger partial charge in [0.2, 0.25) is 0 Å². The highest BCUT2D eigenvalue weighted by Crippen LogP contribution is 2.35. The molecule has 1 aliphatic carbocycles. The minimum absolute atomic E-state index is 0.0765. The van der Waals surface area contributed by atoms with E-state index in [0.29, 0.717) is 42.4 Å². The summed E-state index contributed by atoms with van der Waals surface area (Å²) in [4.78, 5) is 22.6. The summed E-state index contributed by atoms with van der Waals surface area (Å²) < 4.78 is 15.1. The van der Waals surface area contributed by atoms with E-state index in [0.717, 1.165) is 29.4 Å². The predicted octanol–water partition coefficient (Wildman–Crippen LogP) is 2.02. The van der Waals surface area contributed by atoms with Crippen LogP contribution in [0.2, 0.25) is 0 Å². The largest absolute Gasteiger partial charge is 0.391 e. The number of nitrogens with zero attached hydrogens (tertiary/aromatic N) is 5. The molecule has 0 bridgehead atoms. The molecular weight excluding hydrogens is 462 g/mol. The molecule has 11 heteroatoms. The topological polar surface area (TPSA) is 128 Å². The first-order chi connectivity index (χ1) is 17.6. The van der Waals surface area contributed by atoms with E-state index in [9.17, 15) is 9.90 Å². The maximum atomic E-state index is 13.0. The number of aliphatic hydroxyl groups is 1. The molecule has 0 radical (unpaired) electrons. The van der Waals surface area contributed by atoms with Crippen LogP contribution in [0.5, 0.6) is 0 Å². The fourth-order valence-electron chi connectivity index (χ4n) is 5.12. The molecule has 1 saturated heterocycles. The second-order valence-corrected chi connectivity index (χ2v) is 9.32. The smallest absolute Gasteiger partial charge is 0.257 e. The predicted molar refractivity (Wildman–Crippen MR) is 133 cm³/mol. The molecule has 1 amide bonds. The third kappa shape index (κ3) is 3.71. The van der Waals surface area contributed by atoms with Gasteiger partial charge in [-0.2, -0.15) is 9.61 Å². The number of pyridine rings is 1. The zero-order chi connectivity index (χ0) is 24.8. The van der Waals surface area contributed by atoms with Crippen molar-refractivity contribution in [2.24, 2.45) is 0 Å². The number of ether oxygens (including phenoxy) is 2. The first kappa shape index (κ1) is 22.9. The molecule has 0 unspecified atom stereocenters. The molecule has 1 saturated carbocycles. The van der Waals surface area contributed by atoms with Crippen LogP contribution in [0.15, 0.2) is 36.8 Å². The van der Waals surface area contributed by atoms with Crippen LogP contribution in [-0.2, 0) is 9.47 Å². The number of methoxy groups -OCH3 is 1. The summed E-state index contributed by atoms with van der Waals surface area (Å²) in [6, 6.07) is 5.70. The normalized spacial score (nSPS) is 24.1. The highest BCUT2D eigenvalue weighted by Gasteiger charge is 2.32. The lowest BCUT2D eigenvalue weighted by atomic mass is 9.89. The first-order valence-electron chi connectivity index (χ1n) is 12.2. The number of carbonyl (C=O) groups is 1. The van der Waals surface area contributed by atoms with E-state index >= 15 is 0 Å². The van der Waals surface area contributed by atoms with Crippen LogP contribution in [-0.4, -0.2) is 80.8 Å². The summed E-state index contributed by atoms with van der Waals surface area (Å²) in [6.45, 7) is 1.19. The monoisotopic (exact) mass is 491 g/mol. The van der Waals surface area contributed by atoms with Crippen LogP contribution >= 0.6 is 0 Å². The van der Waals surface area contributed by atoms with Gasteiger partial charge in [0, 0.05) is 50.2 Å². The summed E-state index contributed by atoms with van der Waals surface area (Å²) >= 11 is 0. The van der Waals surface area contributed by atoms with Crippen molar-refractivity contribution in [3.63, 3.8) is 0 Å². The van der Waals surface area contributed by atoms with Gasteiger partial charge in [0.05, 0.1) is 36.7 Å². The number of nitrogens with one attached hydrogen (secondary N) is 2. The Labute approximate surface area is 207 Å². The lowest BCUT2D eigenvalue weighted by molar-refractivity contribution is -0.0592. The minimum Gasteiger partial charge on any atom is -0.391 e. The van der Waals surface area contributed by atoms with Crippen molar-refractivity contribution in [3.05, 3.63) is 42.4 Å². The van der Waals surface area contributed by atoms with Crippen molar-refractivity contribution in [3.8, 4) is 11.3 Å². The van der Waals surface area contributed by atoms with E-state index in [1.165, 1.54) is 6.20 Å². The molecule has 0 aromatic carbocycles. The lowest BCUT2D eigenvalue weighted by Crippen LogP contribution is -2.50. The van der Waals surface area contributed by atoms with Gasteiger partial charge in [-0.1, -0.05) is 0 Å². The van der Waals surface area contributed by atoms with Crippen LogP contribution < -0.4 is 10.6 Å². The zero-order valence-corrected chi connectivity index (χ0v) is 20.2. The molecule has 4 aromatic heterocycles. The van der Waals surface area contributed by atoms with E-state index in [4.69, 9.17) is 14.5 Å².